The molecule has 1 aliphatic heterocycles. The van der Waals surface area contributed by atoms with Crippen LogP contribution in [0.1, 0.15) is 5.56 Å². The smallest absolute Gasteiger partial charge is 0.275 e. The number of nitrogens with one attached hydrogen (secondary N) is 1. The Balaban J connectivity index is 1.59. The molecule has 1 N–H and O–H groups in total. The Labute approximate surface area is 170 Å². The summed E-state index contributed by atoms with van der Waals surface area (Å²) in [5.41, 5.74) is 2.20. The third kappa shape index (κ3) is 3.65. The lowest BCUT2D eigenvalue weighted by Crippen LogP contribution is -2.13. The molecule has 0 saturated heterocycles. The number of carbonyl (C=O) groups excluding carboxylic acids is 1. The van der Waals surface area contributed by atoms with Crippen LogP contribution >= 0.6 is 34.8 Å². The Morgan fingerprint density at radius 1 is 0.889 bits per heavy atom. The first-order chi connectivity index (χ1) is 13.0. The molecule has 4 rings (SSSR count). The predicted molar refractivity (Wildman–Crippen MR) is 109 cm³/mol. The summed E-state index contributed by atoms with van der Waals surface area (Å²) in [5.74, 6) is 0.799. The summed E-state index contributed by atoms with van der Waals surface area (Å²) < 4.78 is 5.75. The van der Waals surface area contributed by atoms with Crippen LogP contribution in [0.15, 0.2) is 65.7 Å². The molecule has 7 heteroatoms. The number of halogens is 3. The predicted octanol–water partition coefficient (Wildman–Crippen LogP) is 6.51. The summed E-state index contributed by atoms with van der Waals surface area (Å²) in [7, 11) is 0. The number of para-hydroxylation sites is 1. The lowest BCUT2D eigenvalue weighted by molar-refractivity contribution is -0.110. The van der Waals surface area contributed by atoms with Crippen molar-refractivity contribution in [3.8, 4) is 11.5 Å². The minimum Gasteiger partial charge on any atom is -0.456 e. The Kier molecular flexibility index (Phi) is 4.79. The van der Waals surface area contributed by atoms with Crippen LogP contribution in [0.2, 0.25) is 15.1 Å². The Morgan fingerprint density at radius 2 is 1.67 bits per heavy atom. The molecule has 0 spiro atoms. The van der Waals surface area contributed by atoms with Crippen LogP contribution in [0.4, 0.5) is 11.4 Å². The van der Waals surface area contributed by atoms with E-state index in [0.29, 0.717) is 49.2 Å². The van der Waals surface area contributed by atoms with Crippen molar-refractivity contribution in [3.63, 3.8) is 0 Å². The monoisotopic (exact) mass is 416 g/mol. The fourth-order valence-electron chi connectivity index (χ4n) is 2.66. The number of amides is 1. The van der Waals surface area contributed by atoms with E-state index in [4.69, 9.17) is 39.5 Å². The van der Waals surface area contributed by atoms with Crippen molar-refractivity contribution in [1.82, 2.24) is 0 Å². The molecule has 1 heterocycles. The number of carbonyl (C=O) groups is 1. The van der Waals surface area contributed by atoms with Gasteiger partial charge in [0.25, 0.3) is 5.91 Å². The highest BCUT2D eigenvalue weighted by Crippen LogP contribution is 2.34. The van der Waals surface area contributed by atoms with E-state index in [0.717, 1.165) is 0 Å². The van der Waals surface area contributed by atoms with Crippen LogP contribution in [-0.4, -0.2) is 11.6 Å². The fourth-order valence-corrected chi connectivity index (χ4v) is 3.33. The van der Waals surface area contributed by atoms with Gasteiger partial charge >= 0.3 is 0 Å². The second kappa shape index (κ2) is 7.24. The molecular formula is C20H11Cl3N2O2. The lowest BCUT2D eigenvalue weighted by atomic mass is 10.1. The second-order valence-electron chi connectivity index (χ2n) is 5.75. The minimum atomic E-state index is -0.286. The van der Waals surface area contributed by atoms with Gasteiger partial charge in [-0.3, -0.25) is 4.79 Å². The topological polar surface area (TPSA) is 50.7 Å². The van der Waals surface area contributed by atoms with Crippen molar-refractivity contribution in [2.45, 2.75) is 0 Å². The minimum absolute atomic E-state index is 0.286. The van der Waals surface area contributed by atoms with Crippen molar-refractivity contribution >= 4 is 57.8 Å². The standard InChI is InChI=1S/C20H11Cl3N2O2/c21-11-4-9-17(16(23)10-11)27-13-7-5-12(6-8-13)24-19-14-2-1-3-15(22)18(14)25-20(19)26/h1-10H,(H,24,25,26). The van der Waals surface area contributed by atoms with Gasteiger partial charge in [-0.1, -0.05) is 46.9 Å². The molecule has 3 aromatic carbocycles. The van der Waals surface area contributed by atoms with Crippen LogP contribution < -0.4 is 10.1 Å². The van der Waals surface area contributed by atoms with E-state index in [-0.39, 0.29) is 5.91 Å². The highest BCUT2D eigenvalue weighted by molar-refractivity contribution is 6.55. The summed E-state index contributed by atoms with van der Waals surface area (Å²) in [5, 5.41) is 4.18. The molecule has 0 atom stereocenters. The van der Waals surface area contributed by atoms with E-state index in [1.54, 1.807) is 60.7 Å². The van der Waals surface area contributed by atoms with Gasteiger partial charge in [0.1, 0.15) is 17.2 Å². The van der Waals surface area contributed by atoms with Gasteiger partial charge in [0.2, 0.25) is 0 Å². The maximum Gasteiger partial charge on any atom is 0.275 e. The van der Waals surface area contributed by atoms with E-state index in [1.807, 2.05) is 0 Å². The average molecular weight is 418 g/mol. The quantitative estimate of drug-likeness (QED) is 0.528. The van der Waals surface area contributed by atoms with Crippen molar-refractivity contribution in [3.05, 3.63) is 81.3 Å². The number of fused-ring (bicyclic) bond motifs is 1. The van der Waals surface area contributed by atoms with Crippen LogP contribution in [0.25, 0.3) is 0 Å². The molecule has 3 aromatic rings. The lowest BCUT2D eigenvalue weighted by Gasteiger charge is -2.08. The summed E-state index contributed by atoms with van der Waals surface area (Å²) in [6.07, 6.45) is 0. The zero-order valence-electron chi connectivity index (χ0n) is 13.7. The summed E-state index contributed by atoms with van der Waals surface area (Å²) in [6, 6.07) is 17.3. The first-order valence-electron chi connectivity index (χ1n) is 7.93. The van der Waals surface area contributed by atoms with E-state index in [1.165, 1.54) is 0 Å². The van der Waals surface area contributed by atoms with Crippen molar-refractivity contribution in [1.29, 1.82) is 0 Å². The highest BCUT2D eigenvalue weighted by atomic mass is 35.5. The molecule has 0 aliphatic carbocycles. The molecular weight excluding hydrogens is 407 g/mol. The van der Waals surface area contributed by atoms with Crippen LogP contribution in [0, 0.1) is 0 Å². The molecule has 0 aromatic heterocycles. The first kappa shape index (κ1) is 17.9. The third-order valence-electron chi connectivity index (χ3n) is 3.92. The van der Waals surface area contributed by atoms with Gasteiger partial charge in [-0.05, 0) is 48.5 Å². The summed E-state index contributed by atoms with van der Waals surface area (Å²) >= 11 is 18.1. The number of anilines is 1. The molecule has 134 valence electrons. The molecule has 0 radical (unpaired) electrons. The zero-order valence-corrected chi connectivity index (χ0v) is 15.9. The maximum absolute atomic E-state index is 12.2. The Hall–Kier alpha value is -2.53. The van der Waals surface area contributed by atoms with Gasteiger partial charge in [-0.15, -0.1) is 0 Å². The van der Waals surface area contributed by atoms with Gasteiger partial charge in [-0.25, -0.2) is 4.99 Å². The maximum atomic E-state index is 12.2. The summed E-state index contributed by atoms with van der Waals surface area (Å²) in [4.78, 5) is 16.7. The van der Waals surface area contributed by atoms with E-state index < -0.39 is 0 Å². The number of aliphatic imine (C=N–C) groups is 1. The number of nitrogens with zero attached hydrogens (tertiary/aromatic N) is 1. The van der Waals surface area contributed by atoms with Gasteiger partial charge in [0, 0.05) is 10.6 Å². The normalized spacial score (nSPS) is 14.2. The van der Waals surface area contributed by atoms with Gasteiger partial charge in [0.05, 0.1) is 21.4 Å². The largest absolute Gasteiger partial charge is 0.456 e. The number of hydrogen-bond donors (Lipinski definition) is 1. The van der Waals surface area contributed by atoms with Gasteiger partial charge < -0.3 is 10.1 Å². The van der Waals surface area contributed by atoms with E-state index >= 15 is 0 Å². The van der Waals surface area contributed by atoms with E-state index in [2.05, 4.69) is 10.3 Å². The molecule has 4 nitrogen and oxygen atoms in total. The van der Waals surface area contributed by atoms with Crippen molar-refractivity contribution in [2.75, 3.05) is 5.32 Å². The van der Waals surface area contributed by atoms with Gasteiger partial charge in [-0.2, -0.15) is 0 Å². The average Bonchev–Trinajstić information content (AvgIpc) is 2.96. The number of hydrogen-bond acceptors (Lipinski definition) is 3. The molecule has 0 unspecified atom stereocenters. The number of benzene rings is 3. The molecule has 1 amide bonds. The van der Waals surface area contributed by atoms with Gasteiger partial charge in [0.15, 0.2) is 0 Å². The number of rotatable bonds is 3. The molecule has 0 fully saturated rings. The Bertz CT molecular complexity index is 1080. The third-order valence-corrected chi connectivity index (χ3v) is 4.77. The fraction of sp³-hybridized carbons (Fsp3) is 0. The number of ether oxygens (including phenoxy) is 1. The molecule has 27 heavy (non-hydrogen) atoms. The summed E-state index contributed by atoms with van der Waals surface area (Å²) in [6.45, 7) is 0. The Morgan fingerprint density at radius 3 is 2.41 bits per heavy atom. The van der Waals surface area contributed by atoms with Crippen LogP contribution in [0.3, 0.4) is 0 Å². The van der Waals surface area contributed by atoms with Crippen LogP contribution in [-0.2, 0) is 4.79 Å². The molecule has 0 bridgehead atoms. The second-order valence-corrected chi connectivity index (χ2v) is 7.00. The molecule has 1 aliphatic rings. The zero-order chi connectivity index (χ0) is 19.0. The SMILES string of the molecule is O=C1Nc2c(Cl)cccc2C1=Nc1ccc(Oc2ccc(Cl)cc2Cl)cc1. The van der Waals surface area contributed by atoms with Crippen LogP contribution in [0.5, 0.6) is 11.5 Å². The van der Waals surface area contributed by atoms with Crippen molar-refractivity contribution in [2.24, 2.45) is 4.99 Å². The molecule has 0 saturated carbocycles. The first-order valence-corrected chi connectivity index (χ1v) is 9.06. The van der Waals surface area contributed by atoms with E-state index in [9.17, 15) is 4.79 Å². The van der Waals surface area contributed by atoms with Crippen molar-refractivity contribution < 1.29 is 9.53 Å². The highest BCUT2D eigenvalue weighted by Gasteiger charge is 2.27.